The molecule has 1 aromatic carbocycles. The summed E-state index contributed by atoms with van der Waals surface area (Å²) in [7, 11) is -3.73. The molecule has 1 rings (SSSR count). The summed E-state index contributed by atoms with van der Waals surface area (Å²) in [6.45, 7) is 2.12. The molecule has 0 saturated heterocycles. The zero-order chi connectivity index (χ0) is 13.8. The van der Waals surface area contributed by atoms with Crippen molar-refractivity contribution in [3.8, 4) is 0 Å². The Labute approximate surface area is 119 Å². The van der Waals surface area contributed by atoms with Gasteiger partial charge in [-0.05, 0) is 47.2 Å². The van der Waals surface area contributed by atoms with Gasteiger partial charge in [0.15, 0.2) is 0 Å². The first-order chi connectivity index (χ1) is 8.35. The zero-order valence-corrected chi connectivity index (χ0v) is 12.6. The maximum Gasteiger partial charge on any atom is 0.337 e. The van der Waals surface area contributed by atoms with Crippen LogP contribution < -0.4 is 9.44 Å². The van der Waals surface area contributed by atoms with E-state index >= 15 is 0 Å². The van der Waals surface area contributed by atoms with E-state index in [-0.39, 0.29) is 11.3 Å². The van der Waals surface area contributed by atoms with Gasteiger partial charge >= 0.3 is 5.97 Å². The Morgan fingerprint density at radius 3 is 2.67 bits per heavy atom. The molecule has 1 aromatic rings. The fourth-order valence-electron chi connectivity index (χ4n) is 1.20. The largest absolute Gasteiger partial charge is 0.478 e. The summed E-state index contributed by atoms with van der Waals surface area (Å²) < 4.78 is 28.4. The Hall–Kier alpha value is -0.870. The van der Waals surface area contributed by atoms with Gasteiger partial charge in [0.05, 0.1) is 11.3 Å². The summed E-state index contributed by atoms with van der Waals surface area (Å²) in [4.78, 5) is 11.0. The molecule has 0 unspecified atom stereocenters. The van der Waals surface area contributed by atoms with Crippen molar-refractivity contribution in [2.24, 2.45) is 0 Å². The Bertz CT molecular complexity index is 545. The standard InChI is InChI=1S/C10H13IN2O4S/c1-2-5-12-18(16,17)13-9-4-3-7(11)6-8(9)10(14)15/h3-4,6,12-13H,2,5H2,1H3,(H,14,15). The quantitative estimate of drug-likeness (QED) is 0.650. The Kier molecular flexibility index (Phi) is 5.35. The van der Waals surface area contributed by atoms with E-state index in [1.54, 1.807) is 6.07 Å². The van der Waals surface area contributed by atoms with Gasteiger partial charge in [-0.1, -0.05) is 6.92 Å². The molecular formula is C10H13IN2O4S. The van der Waals surface area contributed by atoms with Gasteiger partial charge in [-0.2, -0.15) is 13.1 Å². The second-order valence-corrected chi connectivity index (χ2v) is 6.24. The number of carboxylic acids is 1. The number of hydrogen-bond acceptors (Lipinski definition) is 3. The Morgan fingerprint density at radius 2 is 2.11 bits per heavy atom. The first-order valence-corrected chi connectivity index (χ1v) is 7.72. The third kappa shape index (κ3) is 4.42. The van der Waals surface area contributed by atoms with Crippen LogP contribution in [0.15, 0.2) is 18.2 Å². The number of carboxylic acid groups (broad SMARTS) is 1. The van der Waals surface area contributed by atoms with Crippen LogP contribution in [-0.2, 0) is 10.2 Å². The molecule has 0 heterocycles. The fourth-order valence-corrected chi connectivity index (χ4v) is 2.70. The van der Waals surface area contributed by atoms with Crippen LogP contribution in [0.1, 0.15) is 23.7 Å². The normalized spacial score (nSPS) is 11.2. The van der Waals surface area contributed by atoms with Crippen LogP contribution in [0, 0.1) is 3.57 Å². The lowest BCUT2D eigenvalue weighted by atomic mass is 10.2. The molecule has 0 saturated carbocycles. The van der Waals surface area contributed by atoms with Crippen molar-refractivity contribution in [2.75, 3.05) is 11.3 Å². The first kappa shape index (κ1) is 15.2. The predicted molar refractivity (Wildman–Crippen MR) is 77.0 cm³/mol. The Balaban J connectivity index is 3.01. The second kappa shape index (κ2) is 6.34. The number of halogens is 1. The van der Waals surface area contributed by atoms with Crippen LogP contribution in [0.4, 0.5) is 5.69 Å². The molecule has 18 heavy (non-hydrogen) atoms. The summed E-state index contributed by atoms with van der Waals surface area (Å²) in [5, 5.41) is 9.00. The molecule has 0 amide bonds. The average molecular weight is 384 g/mol. The van der Waals surface area contributed by atoms with Gasteiger partial charge in [0.25, 0.3) is 10.2 Å². The summed E-state index contributed by atoms with van der Waals surface area (Å²) in [5.74, 6) is -1.18. The van der Waals surface area contributed by atoms with Crippen molar-refractivity contribution in [3.05, 3.63) is 27.3 Å². The molecule has 100 valence electrons. The molecular weight excluding hydrogens is 371 g/mol. The van der Waals surface area contributed by atoms with Crippen molar-refractivity contribution >= 4 is 44.5 Å². The summed E-state index contributed by atoms with van der Waals surface area (Å²) in [5.41, 5.74) is -0.0321. The third-order valence-corrected chi connectivity index (χ3v) is 3.74. The molecule has 0 spiro atoms. The molecule has 0 aliphatic rings. The second-order valence-electron chi connectivity index (χ2n) is 3.49. The molecule has 8 heteroatoms. The molecule has 0 aliphatic carbocycles. The summed E-state index contributed by atoms with van der Waals surface area (Å²) in [6, 6.07) is 4.46. The summed E-state index contributed by atoms with van der Waals surface area (Å²) in [6.07, 6.45) is 0.652. The van der Waals surface area contributed by atoms with E-state index in [0.717, 1.165) is 3.57 Å². The fraction of sp³-hybridized carbons (Fsp3) is 0.300. The minimum Gasteiger partial charge on any atom is -0.478 e. The lowest BCUT2D eigenvalue weighted by molar-refractivity contribution is 0.0698. The number of benzene rings is 1. The van der Waals surface area contributed by atoms with E-state index in [4.69, 9.17) is 5.11 Å². The van der Waals surface area contributed by atoms with Crippen LogP contribution in [0.25, 0.3) is 0 Å². The van der Waals surface area contributed by atoms with Crippen LogP contribution in [0.2, 0.25) is 0 Å². The average Bonchev–Trinajstić information content (AvgIpc) is 2.28. The van der Waals surface area contributed by atoms with E-state index in [1.165, 1.54) is 12.1 Å². The van der Waals surface area contributed by atoms with Crippen molar-refractivity contribution in [1.82, 2.24) is 4.72 Å². The van der Waals surface area contributed by atoms with Crippen LogP contribution in [0.5, 0.6) is 0 Å². The number of carbonyl (C=O) groups is 1. The highest BCUT2D eigenvalue weighted by atomic mass is 127. The van der Waals surface area contributed by atoms with E-state index in [9.17, 15) is 13.2 Å². The highest BCUT2D eigenvalue weighted by Crippen LogP contribution is 2.19. The lowest BCUT2D eigenvalue weighted by Crippen LogP contribution is -2.31. The van der Waals surface area contributed by atoms with Gasteiger partial charge in [-0.25, -0.2) is 4.79 Å². The smallest absolute Gasteiger partial charge is 0.337 e. The zero-order valence-electron chi connectivity index (χ0n) is 9.60. The van der Waals surface area contributed by atoms with Gasteiger partial charge in [-0.3, -0.25) is 4.72 Å². The number of rotatable bonds is 6. The molecule has 0 bridgehead atoms. The molecule has 0 fully saturated rings. The van der Waals surface area contributed by atoms with E-state index in [0.29, 0.717) is 13.0 Å². The highest BCUT2D eigenvalue weighted by Gasteiger charge is 2.15. The van der Waals surface area contributed by atoms with Crippen molar-refractivity contribution in [3.63, 3.8) is 0 Å². The molecule has 6 nitrogen and oxygen atoms in total. The van der Waals surface area contributed by atoms with Crippen LogP contribution in [-0.4, -0.2) is 26.0 Å². The molecule has 0 atom stereocenters. The molecule has 0 aliphatic heterocycles. The van der Waals surface area contributed by atoms with Gasteiger partial charge in [0, 0.05) is 10.1 Å². The number of nitrogens with one attached hydrogen (secondary N) is 2. The van der Waals surface area contributed by atoms with Gasteiger partial charge in [0.1, 0.15) is 0 Å². The molecule has 3 N–H and O–H groups in total. The lowest BCUT2D eigenvalue weighted by Gasteiger charge is -2.11. The molecule has 0 aromatic heterocycles. The van der Waals surface area contributed by atoms with Crippen molar-refractivity contribution < 1.29 is 18.3 Å². The topological polar surface area (TPSA) is 95.5 Å². The van der Waals surface area contributed by atoms with E-state index in [2.05, 4.69) is 9.44 Å². The minimum absolute atomic E-state index is 0.0477. The number of aromatic carboxylic acids is 1. The van der Waals surface area contributed by atoms with Crippen molar-refractivity contribution in [1.29, 1.82) is 0 Å². The SMILES string of the molecule is CCCNS(=O)(=O)Nc1ccc(I)cc1C(=O)O. The maximum atomic E-state index is 11.6. The maximum absolute atomic E-state index is 11.6. The van der Waals surface area contributed by atoms with E-state index < -0.39 is 16.2 Å². The molecule has 0 radical (unpaired) electrons. The van der Waals surface area contributed by atoms with E-state index in [1.807, 2.05) is 29.5 Å². The van der Waals surface area contributed by atoms with Gasteiger partial charge in [-0.15, -0.1) is 0 Å². The number of hydrogen-bond donors (Lipinski definition) is 3. The van der Waals surface area contributed by atoms with Crippen LogP contribution in [0.3, 0.4) is 0 Å². The van der Waals surface area contributed by atoms with Crippen molar-refractivity contribution in [2.45, 2.75) is 13.3 Å². The predicted octanol–water partition coefficient (Wildman–Crippen LogP) is 1.65. The summed E-state index contributed by atoms with van der Waals surface area (Å²) >= 11 is 1.96. The minimum atomic E-state index is -3.73. The van der Waals surface area contributed by atoms with Crippen LogP contribution >= 0.6 is 22.6 Å². The van der Waals surface area contributed by atoms with Gasteiger partial charge < -0.3 is 5.11 Å². The monoisotopic (exact) mass is 384 g/mol. The number of anilines is 1. The third-order valence-electron chi connectivity index (χ3n) is 2.00. The highest BCUT2D eigenvalue weighted by molar-refractivity contribution is 14.1. The first-order valence-electron chi connectivity index (χ1n) is 5.16. The van der Waals surface area contributed by atoms with Gasteiger partial charge in [0.2, 0.25) is 0 Å². The Morgan fingerprint density at radius 1 is 1.44 bits per heavy atom.